The van der Waals surface area contributed by atoms with E-state index in [2.05, 4.69) is 51.8 Å². The second kappa shape index (κ2) is 7.56. The highest BCUT2D eigenvalue weighted by atomic mass is 79.9. The summed E-state index contributed by atoms with van der Waals surface area (Å²) in [6, 6.07) is 9.48. The van der Waals surface area contributed by atoms with Crippen molar-refractivity contribution in [2.24, 2.45) is 0 Å². The summed E-state index contributed by atoms with van der Waals surface area (Å²) in [6.45, 7) is 1.13. The molecule has 0 saturated heterocycles. The molecule has 0 bridgehead atoms. The van der Waals surface area contributed by atoms with Crippen LogP contribution in [0.25, 0.3) is 0 Å². The monoisotopic (exact) mass is 327 g/mol. The summed E-state index contributed by atoms with van der Waals surface area (Å²) in [5, 5.41) is 3.68. The summed E-state index contributed by atoms with van der Waals surface area (Å²) in [5.74, 6) is 1.91. The van der Waals surface area contributed by atoms with Crippen LogP contribution in [0.4, 0.5) is 0 Å². The van der Waals surface area contributed by atoms with Gasteiger partial charge in [-0.25, -0.2) is 0 Å². The predicted molar refractivity (Wildman–Crippen MR) is 85.5 cm³/mol. The Morgan fingerprint density at radius 2 is 2.17 bits per heavy atom. The van der Waals surface area contributed by atoms with E-state index in [1.54, 1.807) is 0 Å². The van der Waals surface area contributed by atoms with Crippen molar-refractivity contribution in [3.63, 3.8) is 0 Å². The lowest BCUT2D eigenvalue weighted by atomic mass is 9.94. The van der Waals surface area contributed by atoms with E-state index < -0.39 is 0 Å². The Bertz CT molecular complexity index is 365. The molecule has 1 aliphatic rings. The minimum absolute atomic E-state index is 0.647. The van der Waals surface area contributed by atoms with Gasteiger partial charge >= 0.3 is 0 Å². The summed E-state index contributed by atoms with van der Waals surface area (Å²) in [7, 11) is 0. The lowest BCUT2D eigenvalue weighted by Gasteiger charge is -2.19. The number of hydrogen-bond donors (Lipinski definition) is 1. The molecule has 1 aliphatic carbocycles. The number of halogens is 1. The molecule has 0 aromatic heterocycles. The second-order valence-corrected chi connectivity index (χ2v) is 6.88. The van der Waals surface area contributed by atoms with E-state index in [0.717, 1.165) is 12.6 Å². The molecule has 0 heterocycles. The Balaban J connectivity index is 1.95. The Morgan fingerprint density at radius 3 is 2.83 bits per heavy atom. The minimum Gasteiger partial charge on any atom is -0.313 e. The maximum atomic E-state index is 3.70. The first-order chi connectivity index (χ1) is 8.81. The molecule has 3 heteroatoms. The topological polar surface area (TPSA) is 12.0 Å². The molecule has 0 aliphatic heterocycles. The highest BCUT2D eigenvalue weighted by Gasteiger charge is 2.22. The summed E-state index contributed by atoms with van der Waals surface area (Å²) in [4.78, 5) is 0. The average molecular weight is 328 g/mol. The molecule has 1 N–H and O–H groups in total. The van der Waals surface area contributed by atoms with Gasteiger partial charge in [0.2, 0.25) is 0 Å². The fourth-order valence-corrected chi connectivity index (χ4v) is 3.31. The molecule has 1 aromatic carbocycles. The van der Waals surface area contributed by atoms with E-state index in [9.17, 15) is 0 Å². The van der Waals surface area contributed by atoms with Crippen LogP contribution in [-0.4, -0.2) is 24.6 Å². The highest BCUT2D eigenvalue weighted by Crippen LogP contribution is 2.29. The fourth-order valence-electron chi connectivity index (χ4n) is 2.24. The second-order valence-electron chi connectivity index (χ2n) is 5.04. The van der Waals surface area contributed by atoms with Gasteiger partial charge in [0.05, 0.1) is 0 Å². The van der Waals surface area contributed by atoms with Gasteiger partial charge in [0.25, 0.3) is 0 Å². The Labute approximate surface area is 123 Å². The van der Waals surface area contributed by atoms with Gasteiger partial charge in [-0.1, -0.05) is 34.1 Å². The van der Waals surface area contributed by atoms with Crippen molar-refractivity contribution in [2.45, 2.75) is 37.6 Å². The summed E-state index contributed by atoms with van der Waals surface area (Å²) in [6.07, 6.45) is 7.51. The molecule has 1 nitrogen and oxygen atoms in total. The standard InChI is InChI=1S/C15H22BrNS/c1-18-10-4-5-12(11-17-13-8-9-13)14-6-2-3-7-15(14)16/h2-3,6-7,12-13,17H,4-5,8-11H2,1H3. The predicted octanol–water partition coefficient (Wildman–Crippen LogP) is 4.43. The van der Waals surface area contributed by atoms with E-state index >= 15 is 0 Å². The number of hydrogen-bond acceptors (Lipinski definition) is 2. The molecule has 1 aromatic rings. The first kappa shape index (κ1) is 14.4. The van der Waals surface area contributed by atoms with Crippen LogP contribution >= 0.6 is 27.7 Å². The van der Waals surface area contributed by atoms with Gasteiger partial charge < -0.3 is 5.32 Å². The Hall–Kier alpha value is 0.01000. The lowest BCUT2D eigenvalue weighted by molar-refractivity contribution is 0.542. The minimum atomic E-state index is 0.647. The number of benzene rings is 1. The zero-order valence-corrected chi connectivity index (χ0v) is 13.4. The van der Waals surface area contributed by atoms with Gasteiger partial charge in [-0.15, -0.1) is 0 Å². The highest BCUT2D eigenvalue weighted by molar-refractivity contribution is 9.10. The first-order valence-electron chi connectivity index (χ1n) is 6.78. The molecule has 18 heavy (non-hydrogen) atoms. The zero-order valence-electron chi connectivity index (χ0n) is 11.0. The van der Waals surface area contributed by atoms with Gasteiger partial charge in [0.15, 0.2) is 0 Å². The maximum Gasteiger partial charge on any atom is 0.0210 e. The summed E-state index contributed by atoms with van der Waals surface area (Å²) in [5.41, 5.74) is 1.46. The maximum absolute atomic E-state index is 3.70. The van der Waals surface area contributed by atoms with Crippen LogP contribution in [0.2, 0.25) is 0 Å². The first-order valence-corrected chi connectivity index (χ1v) is 8.96. The lowest BCUT2D eigenvalue weighted by Crippen LogP contribution is -2.24. The van der Waals surface area contributed by atoms with Crippen molar-refractivity contribution >= 4 is 27.7 Å². The third kappa shape index (κ3) is 4.60. The van der Waals surface area contributed by atoms with Crippen LogP contribution in [-0.2, 0) is 0 Å². The molecule has 1 unspecified atom stereocenters. The van der Waals surface area contributed by atoms with Gasteiger partial charge in [0, 0.05) is 17.1 Å². The van der Waals surface area contributed by atoms with E-state index in [1.165, 1.54) is 41.5 Å². The molecule has 1 fully saturated rings. The quantitative estimate of drug-likeness (QED) is 0.709. The molecule has 100 valence electrons. The molecule has 0 radical (unpaired) electrons. The molecular weight excluding hydrogens is 306 g/mol. The van der Waals surface area contributed by atoms with Crippen molar-refractivity contribution in [3.05, 3.63) is 34.3 Å². The van der Waals surface area contributed by atoms with E-state index in [0.29, 0.717) is 5.92 Å². The fraction of sp³-hybridized carbons (Fsp3) is 0.600. The number of nitrogens with one attached hydrogen (secondary N) is 1. The van der Waals surface area contributed by atoms with Crippen LogP contribution in [0.3, 0.4) is 0 Å². The average Bonchev–Trinajstić information content (AvgIpc) is 3.19. The largest absolute Gasteiger partial charge is 0.313 e. The molecule has 2 rings (SSSR count). The SMILES string of the molecule is CSCCCC(CNC1CC1)c1ccccc1Br. The van der Waals surface area contributed by atoms with Crippen molar-refractivity contribution in [2.75, 3.05) is 18.6 Å². The van der Waals surface area contributed by atoms with Gasteiger partial charge in [-0.2, -0.15) is 11.8 Å². The van der Waals surface area contributed by atoms with E-state index in [1.807, 2.05) is 11.8 Å². The number of thioether (sulfide) groups is 1. The van der Waals surface area contributed by atoms with Gasteiger partial charge in [0.1, 0.15) is 0 Å². The van der Waals surface area contributed by atoms with Gasteiger partial charge in [-0.3, -0.25) is 0 Å². The van der Waals surface area contributed by atoms with Crippen LogP contribution in [0, 0.1) is 0 Å². The van der Waals surface area contributed by atoms with Crippen LogP contribution in [0.5, 0.6) is 0 Å². The summed E-state index contributed by atoms with van der Waals surface area (Å²) < 4.78 is 1.26. The molecule has 1 atom stereocenters. The van der Waals surface area contributed by atoms with Crippen LogP contribution in [0.1, 0.15) is 37.2 Å². The van der Waals surface area contributed by atoms with Gasteiger partial charge in [-0.05, 0) is 55.2 Å². The van der Waals surface area contributed by atoms with Crippen molar-refractivity contribution in [3.8, 4) is 0 Å². The molecule has 0 spiro atoms. The Morgan fingerprint density at radius 1 is 1.39 bits per heavy atom. The van der Waals surface area contributed by atoms with Crippen molar-refractivity contribution in [1.82, 2.24) is 5.32 Å². The van der Waals surface area contributed by atoms with E-state index in [4.69, 9.17) is 0 Å². The molecular formula is C15H22BrNS. The van der Waals surface area contributed by atoms with E-state index in [-0.39, 0.29) is 0 Å². The Kier molecular flexibility index (Phi) is 6.06. The third-order valence-electron chi connectivity index (χ3n) is 3.48. The summed E-state index contributed by atoms with van der Waals surface area (Å²) >= 11 is 5.64. The third-order valence-corrected chi connectivity index (χ3v) is 4.90. The molecule has 1 saturated carbocycles. The zero-order chi connectivity index (χ0) is 12.8. The van der Waals surface area contributed by atoms with Crippen molar-refractivity contribution in [1.29, 1.82) is 0 Å². The normalized spacial score (nSPS) is 16.8. The smallest absolute Gasteiger partial charge is 0.0210 e. The van der Waals surface area contributed by atoms with Crippen molar-refractivity contribution < 1.29 is 0 Å². The van der Waals surface area contributed by atoms with Crippen LogP contribution in [0.15, 0.2) is 28.7 Å². The number of rotatable bonds is 8. The van der Waals surface area contributed by atoms with Crippen LogP contribution < -0.4 is 5.32 Å². The molecule has 0 amide bonds.